The average Bonchev–Trinajstić information content (AvgIpc) is 1.84. The molecule has 0 fully saturated rings. The molecule has 0 aliphatic rings. The van der Waals surface area contributed by atoms with Crippen LogP contribution >= 0.6 is 0 Å². The van der Waals surface area contributed by atoms with Gasteiger partial charge < -0.3 is 5.11 Å². The first-order valence-corrected chi connectivity index (χ1v) is 4.05. The Morgan fingerprint density at radius 3 is 2.36 bits per heavy atom. The van der Waals surface area contributed by atoms with Gasteiger partial charge in [0.15, 0.2) is 0 Å². The minimum absolute atomic E-state index is 0.598. The van der Waals surface area contributed by atoms with Crippen LogP contribution in [0.15, 0.2) is 12.7 Å². The first-order chi connectivity index (χ1) is 4.99. The Morgan fingerprint density at radius 2 is 2.09 bits per heavy atom. The number of nitrogens with zero attached hydrogens (tertiary/aromatic N) is 1. The minimum atomic E-state index is -0.598. The van der Waals surface area contributed by atoms with Gasteiger partial charge in [0.05, 0.1) is 5.60 Å². The molecular formula is C9H19NO. The van der Waals surface area contributed by atoms with E-state index >= 15 is 0 Å². The Morgan fingerprint density at radius 1 is 1.55 bits per heavy atom. The molecule has 0 unspecified atom stereocenters. The third-order valence-electron chi connectivity index (χ3n) is 1.45. The monoisotopic (exact) mass is 157 g/mol. The Kier molecular flexibility index (Phi) is 4.38. The molecule has 0 saturated carbocycles. The summed E-state index contributed by atoms with van der Waals surface area (Å²) < 4.78 is 0. The predicted molar refractivity (Wildman–Crippen MR) is 48.6 cm³/mol. The normalized spacial score (nSPS) is 12.1. The molecule has 0 saturated heterocycles. The molecule has 0 aromatic rings. The summed E-state index contributed by atoms with van der Waals surface area (Å²) in [5, 5.41) is 9.47. The van der Waals surface area contributed by atoms with Crippen LogP contribution in [-0.2, 0) is 0 Å². The van der Waals surface area contributed by atoms with Gasteiger partial charge >= 0.3 is 0 Å². The second-order valence-electron chi connectivity index (χ2n) is 3.43. The molecule has 11 heavy (non-hydrogen) atoms. The molecule has 0 bridgehead atoms. The zero-order chi connectivity index (χ0) is 8.91. The molecule has 0 atom stereocenters. The van der Waals surface area contributed by atoms with Crippen molar-refractivity contribution in [3.05, 3.63) is 12.7 Å². The first-order valence-electron chi connectivity index (χ1n) is 4.05. The van der Waals surface area contributed by atoms with E-state index in [1.807, 2.05) is 19.9 Å². The van der Waals surface area contributed by atoms with Gasteiger partial charge in [0, 0.05) is 13.1 Å². The zero-order valence-corrected chi connectivity index (χ0v) is 7.80. The maximum absolute atomic E-state index is 9.47. The van der Waals surface area contributed by atoms with Crippen molar-refractivity contribution in [3.8, 4) is 0 Å². The number of rotatable bonds is 5. The van der Waals surface area contributed by atoms with E-state index in [1.165, 1.54) is 0 Å². The van der Waals surface area contributed by atoms with Gasteiger partial charge in [-0.3, -0.25) is 4.90 Å². The van der Waals surface area contributed by atoms with Gasteiger partial charge in [-0.05, 0) is 20.4 Å². The topological polar surface area (TPSA) is 23.5 Å². The summed E-state index contributed by atoms with van der Waals surface area (Å²) in [6.45, 7) is 11.9. The summed E-state index contributed by atoms with van der Waals surface area (Å²) in [6, 6.07) is 0. The molecule has 0 aromatic carbocycles. The number of hydrogen-bond donors (Lipinski definition) is 1. The van der Waals surface area contributed by atoms with E-state index in [9.17, 15) is 5.11 Å². The molecule has 2 nitrogen and oxygen atoms in total. The lowest BCUT2D eigenvalue weighted by Gasteiger charge is -2.26. The molecule has 66 valence electrons. The highest BCUT2D eigenvalue weighted by atomic mass is 16.3. The fraction of sp³-hybridized carbons (Fsp3) is 0.778. The van der Waals surface area contributed by atoms with Crippen molar-refractivity contribution < 1.29 is 5.11 Å². The van der Waals surface area contributed by atoms with Gasteiger partial charge in [0.25, 0.3) is 0 Å². The molecule has 2 heteroatoms. The van der Waals surface area contributed by atoms with Crippen molar-refractivity contribution in [1.29, 1.82) is 0 Å². The molecule has 0 amide bonds. The summed E-state index contributed by atoms with van der Waals surface area (Å²) in [6.07, 6.45) is 1.86. The highest BCUT2D eigenvalue weighted by molar-refractivity contribution is 4.77. The quantitative estimate of drug-likeness (QED) is 0.607. The van der Waals surface area contributed by atoms with E-state index in [0.29, 0.717) is 6.54 Å². The molecule has 0 aliphatic heterocycles. The van der Waals surface area contributed by atoms with Crippen molar-refractivity contribution >= 4 is 0 Å². The van der Waals surface area contributed by atoms with Crippen LogP contribution in [0.2, 0.25) is 0 Å². The maximum Gasteiger partial charge on any atom is 0.0718 e. The summed E-state index contributed by atoms with van der Waals surface area (Å²) >= 11 is 0. The summed E-state index contributed by atoms with van der Waals surface area (Å²) in [5.41, 5.74) is -0.598. The van der Waals surface area contributed by atoms with E-state index in [4.69, 9.17) is 0 Å². The van der Waals surface area contributed by atoms with Gasteiger partial charge in [-0.15, -0.1) is 6.58 Å². The van der Waals surface area contributed by atoms with Gasteiger partial charge in [-0.1, -0.05) is 13.0 Å². The highest BCUT2D eigenvalue weighted by Gasteiger charge is 2.15. The van der Waals surface area contributed by atoms with E-state index in [-0.39, 0.29) is 0 Å². The van der Waals surface area contributed by atoms with E-state index in [1.54, 1.807) is 0 Å². The Hall–Kier alpha value is -0.340. The lowest BCUT2D eigenvalue weighted by molar-refractivity contribution is 0.0416. The van der Waals surface area contributed by atoms with Crippen LogP contribution < -0.4 is 0 Å². The molecule has 0 rings (SSSR count). The maximum atomic E-state index is 9.47. The fourth-order valence-corrected chi connectivity index (χ4v) is 1.04. The lowest BCUT2D eigenvalue weighted by Crippen LogP contribution is -2.38. The zero-order valence-electron chi connectivity index (χ0n) is 7.80. The predicted octanol–water partition coefficient (Wildman–Crippen LogP) is 1.27. The van der Waals surface area contributed by atoms with Crippen molar-refractivity contribution in [2.75, 3.05) is 19.6 Å². The SMILES string of the molecule is C=CCN(CC)CC(C)(C)O. The van der Waals surface area contributed by atoms with Crippen molar-refractivity contribution in [2.24, 2.45) is 0 Å². The largest absolute Gasteiger partial charge is 0.389 e. The van der Waals surface area contributed by atoms with Gasteiger partial charge in [-0.25, -0.2) is 0 Å². The van der Waals surface area contributed by atoms with Gasteiger partial charge in [0.1, 0.15) is 0 Å². The van der Waals surface area contributed by atoms with Crippen LogP contribution in [0.3, 0.4) is 0 Å². The minimum Gasteiger partial charge on any atom is -0.389 e. The molecule has 0 aromatic heterocycles. The summed E-state index contributed by atoms with van der Waals surface area (Å²) in [4.78, 5) is 2.15. The Labute approximate surface area is 69.5 Å². The third-order valence-corrected chi connectivity index (χ3v) is 1.45. The van der Waals surface area contributed by atoms with Crippen molar-refractivity contribution in [3.63, 3.8) is 0 Å². The van der Waals surface area contributed by atoms with E-state index in [0.717, 1.165) is 13.1 Å². The Bertz CT molecular complexity index is 115. The van der Waals surface area contributed by atoms with Crippen LogP contribution in [0.1, 0.15) is 20.8 Å². The molecule has 0 spiro atoms. The van der Waals surface area contributed by atoms with Crippen molar-refractivity contribution in [1.82, 2.24) is 4.90 Å². The first kappa shape index (κ1) is 10.7. The van der Waals surface area contributed by atoms with E-state index < -0.39 is 5.60 Å². The number of likely N-dealkylation sites (N-methyl/N-ethyl adjacent to an activating group) is 1. The molecule has 0 heterocycles. The fourth-order valence-electron chi connectivity index (χ4n) is 1.04. The van der Waals surface area contributed by atoms with E-state index in [2.05, 4.69) is 18.4 Å². The van der Waals surface area contributed by atoms with Gasteiger partial charge in [0.2, 0.25) is 0 Å². The smallest absolute Gasteiger partial charge is 0.0718 e. The van der Waals surface area contributed by atoms with Crippen LogP contribution in [0.4, 0.5) is 0 Å². The van der Waals surface area contributed by atoms with Crippen LogP contribution in [0.25, 0.3) is 0 Å². The molecule has 0 radical (unpaired) electrons. The number of hydrogen-bond acceptors (Lipinski definition) is 2. The third kappa shape index (κ3) is 6.07. The van der Waals surface area contributed by atoms with Crippen molar-refractivity contribution in [2.45, 2.75) is 26.4 Å². The lowest BCUT2D eigenvalue weighted by atomic mass is 10.1. The molecular weight excluding hydrogens is 138 g/mol. The summed E-state index contributed by atoms with van der Waals surface area (Å²) in [7, 11) is 0. The second kappa shape index (κ2) is 4.52. The van der Waals surface area contributed by atoms with Crippen LogP contribution in [0, 0.1) is 0 Å². The second-order valence-corrected chi connectivity index (χ2v) is 3.43. The number of aliphatic hydroxyl groups is 1. The highest BCUT2D eigenvalue weighted by Crippen LogP contribution is 2.03. The van der Waals surface area contributed by atoms with Crippen LogP contribution in [0.5, 0.6) is 0 Å². The molecule has 0 aliphatic carbocycles. The molecule has 1 N–H and O–H groups in total. The average molecular weight is 157 g/mol. The van der Waals surface area contributed by atoms with Crippen LogP contribution in [-0.4, -0.2) is 35.2 Å². The standard InChI is InChI=1S/C9H19NO/c1-5-7-10(6-2)8-9(3,4)11/h5,11H,1,6-8H2,2-4H3. The summed E-state index contributed by atoms with van der Waals surface area (Å²) in [5.74, 6) is 0. The Balaban J connectivity index is 3.77. The van der Waals surface area contributed by atoms with Gasteiger partial charge in [-0.2, -0.15) is 0 Å².